The van der Waals surface area contributed by atoms with Crippen molar-refractivity contribution >= 4 is 5.91 Å². The van der Waals surface area contributed by atoms with Crippen LogP contribution in [0.2, 0.25) is 0 Å². The van der Waals surface area contributed by atoms with Gasteiger partial charge in [0.25, 0.3) is 0 Å². The maximum atomic E-state index is 13.1. The maximum Gasteiger partial charge on any atom is 0.227 e. The number of carbonyl (C=O) groups is 1. The van der Waals surface area contributed by atoms with E-state index in [0.29, 0.717) is 5.56 Å². The third kappa shape index (κ3) is 3.99. The summed E-state index contributed by atoms with van der Waals surface area (Å²) >= 11 is 0. The molecule has 2 N–H and O–H groups in total. The van der Waals surface area contributed by atoms with Crippen LogP contribution in [-0.4, -0.2) is 24.4 Å². The molecule has 1 amide bonds. The Bertz CT molecular complexity index is 449. The summed E-state index contributed by atoms with van der Waals surface area (Å²) in [5.41, 5.74) is 6.14. The summed E-state index contributed by atoms with van der Waals surface area (Å²) in [6.07, 6.45) is 0. The van der Waals surface area contributed by atoms with Gasteiger partial charge in [-0.3, -0.25) is 4.79 Å². The Hall–Kier alpha value is -1.49. The lowest BCUT2D eigenvalue weighted by Crippen LogP contribution is -2.38. The van der Waals surface area contributed by atoms with Crippen molar-refractivity contribution < 1.29 is 13.6 Å². The Morgan fingerprint density at radius 3 is 2.42 bits per heavy atom. The molecule has 1 rings (SSSR count). The number of benzene rings is 1. The van der Waals surface area contributed by atoms with Gasteiger partial charge in [0, 0.05) is 20.1 Å². The second-order valence-corrected chi connectivity index (χ2v) is 5.03. The fourth-order valence-corrected chi connectivity index (χ4v) is 1.93. The Morgan fingerprint density at radius 2 is 1.95 bits per heavy atom. The number of nitrogens with zero attached hydrogens (tertiary/aromatic N) is 1. The van der Waals surface area contributed by atoms with E-state index in [0.717, 1.165) is 12.1 Å². The number of hydrogen-bond donors (Lipinski definition) is 1. The molecule has 0 heterocycles. The van der Waals surface area contributed by atoms with Gasteiger partial charge in [-0.15, -0.1) is 0 Å². The molecule has 1 aromatic rings. The summed E-state index contributed by atoms with van der Waals surface area (Å²) < 4.78 is 25.9. The summed E-state index contributed by atoms with van der Waals surface area (Å²) in [5.74, 6) is -1.99. The van der Waals surface area contributed by atoms with Gasteiger partial charge in [0.15, 0.2) is 11.6 Å². The molecular formula is C14H20F2N2O. The second-order valence-electron chi connectivity index (χ2n) is 5.03. The number of hydrogen-bond acceptors (Lipinski definition) is 2. The summed E-state index contributed by atoms with van der Waals surface area (Å²) in [7, 11) is 1.63. The maximum absolute atomic E-state index is 13.1. The lowest BCUT2D eigenvalue weighted by molar-refractivity contribution is -0.135. The summed E-state index contributed by atoms with van der Waals surface area (Å²) in [5, 5.41) is 0. The van der Waals surface area contributed by atoms with Crippen LogP contribution < -0.4 is 5.73 Å². The highest BCUT2D eigenvalue weighted by atomic mass is 19.2. The molecule has 1 atom stereocenters. The minimum atomic E-state index is -0.905. The highest BCUT2D eigenvalue weighted by Crippen LogP contribution is 2.15. The van der Waals surface area contributed by atoms with Crippen LogP contribution in [0.3, 0.4) is 0 Å². The zero-order valence-electron chi connectivity index (χ0n) is 11.5. The van der Waals surface area contributed by atoms with E-state index < -0.39 is 11.6 Å². The predicted octanol–water partition coefficient (Wildman–Crippen LogP) is 2.15. The van der Waals surface area contributed by atoms with E-state index in [2.05, 4.69) is 0 Å². The van der Waals surface area contributed by atoms with Crippen molar-refractivity contribution in [3.8, 4) is 0 Å². The second kappa shape index (κ2) is 6.61. The quantitative estimate of drug-likeness (QED) is 0.891. The first-order valence-electron chi connectivity index (χ1n) is 6.25. The molecule has 3 nitrogen and oxygen atoms in total. The fraction of sp³-hybridized carbons (Fsp3) is 0.500. The Balaban J connectivity index is 2.75. The first-order chi connectivity index (χ1) is 8.86. The molecule has 0 radical (unpaired) electrons. The number of rotatable bonds is 5. The van der Waals surface area contributed by atoms with Crippen molar-refractivity contribution in [3.63, 3.8) is 0 Å². The van der Waals surface area contributed by atoms with Gasteiger partial charge in [-0.1, -0.05) is 19.9 Å². The zero-order chi connectivity index (χ0) is 14.6. The van der Waals surface area contributed by atoms with Crippen molar-refractivity contribution in [1.29, 1.82) is 0 Å². The van der Waals surface area contributed by atoms with Crippen LogP contribution in [0.15, 0.2) is 18.2 Å². The van der Waals surface area contributed by atoms with Gasteiger partial charge in [-0.25, -0.2) is 8.78 Å². The van der Waals surface area contributed by atoms with Crippen LogP contribution in [-0.2, 0) is 11.3 Å². The van der Waals surface area contributed by atoms with Crippen LogP contribution in [0, 0.1) is 23.5 Å². The summed E-state index contributed by atoms with van der Waals surface area (Å²) in [6, 6.07) is 3.63. The van der Waals surface area contributed by atoms with E-state index in [-0.39, 0.29) is 30.8 Å². The molecule has 0 fully saturated rings. The Kier molecular flexibility index (Phi) is 5.42. The van der Waals surface area contributed by atoms with Gasteiger partial charge in [0.1, 0.15) is 0 Å². The molecule has 0 spiro atoms. The van der Waals surface area contributed by atoms with Gasteiger partial charge in [0.2, 0.25) is 5.91 Å². The molecule has 5 heteroatoms. The fourth-order valence-electron chi connectivity index (χ4n) is 1.93. The Labute approximate surface area is 112 Å². The van der Waals surface area contributed by atoms with Crippen LogP contribution in [0.5, 0.6) is 0 Å². The van der Waals surface area contributed by atoms with Gasteiger partial charge in [-0.2, -0.15) is 0 Å². The SMILES string of the molecule is CC(C)C(CN)C(=O)N(C)Cc1ccc(F)c(F)c1. The zero-order valence-corrected chi connectivity index (χ0v) is 11.5. The smallest absolute Gasteiger partial charge is 0.227 e. The average molecular weight is 270 g/mol. The highest BCUT2D eigenvalue weighted by Gasteiger charge is 2.23. The Morgan fingerprint density at radius 1 is 1.32 bits per heavy atom. The molecule has 0 aliphatic rings. The number of amides is 1. The van der Waals surface area contributed by atoms with Crippen molar-refractivity contribution in [2.45, 2.75) is 20.4 Å². The van der Waals surface area contributed by atoms with Gasteiger partial charge in [0.05, 0.1) is 5.92 Å². The van der Waals surface area contributed by atoms with Crippen LogP contribution in [0.1, 0.15) is 19.4 Å². The number of halogens is 2. The van der Waals surface area contributed by atoms with Gasteiger partial charge >= 0.3 is 0 Å². The monoisotopic (exact) mass is 270 g/mol. The lowest BCUT2D eigenvalue weighted by Gasteiger charge is -2.25. The van der Waals surface area contributed by atoms with Crippen LogP contribution >= 0.6 is 0 Å². The molecular weight excluding hydrogens is 250 g/mol. The van der Waals surface area contributed by atoms with E-state index in [4.69, 9.17) is 5.73 Å². The minimum absolute atomic E-state index is 0.0813. The van der Waals surface area contributed by atoms with Crippen molar-refractivity contribution in [2.24, 2.45) is 17.6 Å². The molecule has 0 aliphatic carbocycles. The standard InChI is InChI=1S/C14H20F2N2O/c1-9(2)11(7-17)14(19)18(3)8-10-4-5-12(15)13(16)6-10/h4-6,9,11H,7-8,17H2,1-3H3. The molecule has 19 heavy (non-hydrogen) atoms. The minimum Gasteiger partial charge on any atom is -0.341 e. The van der Waals surface area contributed by atoms with Crippen LogP contribution in [0.25, 0.3) is 0 Å². The molecule has 106 valence electrons. The third-order valence-corrected chi connectivity index (χ3v) is 3.16. The van der Waals surface area contributed by atoms with Crippen molar-refractivity contribution in [1.82, 2.24) is 4.90 Å². The van der Waals surface area contributed by atoms with Gasteiger partial charge in [-0.05, 0) is 23.6 Å². The molecule has 0 saturated carbocycles. The summed E-state index contributed by atoms with van der Waals surface area (Å²) in [4.78, 5) is 13.6. The van der Waals surface area contributed by atoms with E-state index in [1.54, 1.807) is 7.05 Å². The van der Waals surface area contributed by atoms with E-state index in [9.17, 15) is 13.6 Å². The highest BCUT2D eigenvalue weighted by molar-refractivity contribution is 5.79. The average Bonchev–Trinajstić information content (AvgIpc) is 2.34. The topological polar surface area (TPSA) is 46.3 Å². The molecule has 0 bridgehead atoms. The molecule has 1 unspecified atom stereocenters. The largest absolute Gasteiger partial charge is 0.341 e. The van der Waals surface area contributed by atoms with Crippen molar-refractivity contribution in [3.05, 3.63) is 35.4 Å². The number of nitrogens with two attached hydrogens (primary N) is 1. The van der Waals surface area contributed by atoms with Crippen LogP contribution in [0.4, 0.5) is 8.78 Å². The van der Waals surface area contributed by atoms with Crippen molar-refractivity contribution in [2.75, 3.05) is 13.6 Å². The normalized spacial score (nSPS) is 12.6. The van der Waals surface area contributed by atoms with E-state index in [1.165, 1.54) is 11.0 Å². The predicted molar refractivity (Wildman–Crippen MR) is 70.2 cm³/mol. The lowest BCUT2D eigenvalue weighted by atomic mass is 9.94. The molecule has 1 aromatic carbocycles. The first kappa shape index (κ1) is 15.6. The van der Waals surface area contributed by atoms with E-state index >= 15 is 0 Å². The molecule has 0 aliphatic heterocycles. The summed E-state index contributed by atoms with van der Waals surface area (Å²) in [6.45, 7) is 4.37. The van der Waals surface area contributed by atoms with E-state index in [1.807, 2.05) is 13.8 Å². The molecule has 0 saturated heterocycles. The first-order valence-corrected chi connectivity index (χ1v) is 6.25. The third-order valence-electron chi connectivity index (χ3n) is 3.16. The number of carbonyl (C=O) groups excluding carboxylic acids is 1. The molecule has 0 aromatic heterocycles. The van der Waals surface area contributed by atoms with Gasteiger partial charge < -0.3 is 10.6 Å².